The lowest BCUT2D eigenvalue weighted by atomic mass is 9.78. The third kappa shape index (κ3) is 1.78. The molecule has 0 aromatic rings. The Morgan fingerprint density at radius 1 is 0.769 bits per heavy atom. The van der Waals surface area contributed by atoms with Crippen LogP contribution in [0, 0.1) is 23.7 Å². The van der Waals surface area contributed by atoms with Crippen LogP contribution in [0.15, 0.2) is 0 Å². The summed E-state index contributed by atoms with van der Waals surface area (Å²) in [5, 5.41) is 0. The van der Waals surface area contributed by atoms with Crippen molar-refractivity contribution in [2.75, 3.05) is 0 Å². The normalized spacial score (nSPS) is 42.9. The maximum atomic E-state index is 2.34. The van der Waals surface area contributed by atoms with E-state index < -0.39 is 0 Å². The van der Waals surface area contributed by atoms with E-state index in [1.165, 1.54) is 25.7 Å². The maximum absolute atomic E-state index is 2.34. The van der Waals surface area contributed by atoms with Crippen molar-refractivity contribution in [3.8, 4) is 0 Å². The number of fused-ring (bicyclic) bond motifs is 2. The van der Waals surface area contributed by atoms with Gasteiger partial charge in [0.15, 0.2) is 0 Å². The Morgan fingerprint density at radius 2 is 1.23 bits per heavy atom. The van der Waals surface area contributed by atoms with E-state index in [1.54, 1.807) is 19.3 Å². The standard InChI is InChI=1S/C13H24/c1-3-5-10-7-13-9-12(10)8-11(13)6-4-2/h10-13H,3-9H2,1-2H3. The Balaban J connectivity index is 1.84. The van der Waals surface area contributed by atoms with Gasteiger partial charge in [-0.2, -0.15) is 0 Å². The molecule has 4 unspecified atom stereocenters. The largest absolute Gasteiger partial charge is 0.0654 e. The van der Waals surface area contributed by atoms with Crippen LogP contribution in [0.4, 0.5) is 0 Å². The predicted molar refractivity (Wildman–Crippen MR) is 57.6 cm³/mol. The monoisotopic (exact) mass is 180 g/mol. The van der Waals surface area contributed by atoms with Crippen LogP contribution in [0.25, 0.3) is 0 Å². The fraction of sp³-hybridized carbons (Fsp3) is 1.00. The minimum atomic E-state index is 1.13. The minimum Gasteiger partial charge on any atom is -0.0654 e. The highest BCUT2D eigenvalue weighted by Gasteiger charge is 2.44. The van der Waals surface area contributed by atoms with E-state index in [1.807, 2.05) is 0 Å². The molecule has 2 aliphatic rings. The van der Waals surface area contributed by atoms with Crippen LogP contribution in [0.2, 0.25) is 0 Å². The molecule has 0 saturated heterocycles. The first-order valence-electron chi connectivity index (χ1n) is 6.35. The summed E-state index contributed by atoms with van der Waals surface area (Å²) in [5.74, 6) is 4.54. The number of hydrogen-bond acceptors (Lipinski definition) is 0. The van der Waals surface area contributed by atoms with Crippen LogP contribution in [0.1, 0.15) is 58.8 Å². The van der Waals surface area contributed by atoms with E-state index in [4.69, 9.17) is 0 Å². The van der Waals surface area contributed by atoms with Gasteiger partial charge in [0.05, 0.1) is 0 Å². The summed E-state index contributed by atoms with van der Waals surface area (Å²) >= 11 is 0. The fourth-order valence-corrected chi connectivity index (χ4v) is 3.96. The van der Waals surface area contributed by atoms with Crippen LogP contribution >= 0.6 is 0 Å². The molecule has 2 fully saturated rings. The first kappa shape index (κ1) is 9.55. The van der Waals surface area contributed by atoms with Gasteiger partial charge in [-0.05, 0) is 42.9 Å². The summed E-state index contributed by atoms with van der Waals surface area (Å²) in [7, 11) is 0. The maximum Gasteiger partial charge on any atom is -0.0380 e. The fourth-order valence-electron chi connectivity index (χ4n) is 3.96. The zero-order valence-corrected chi connectivity index (χ0v) is 9.26. The molecule has 2 saturated carbocycles. The Morgan fingerprint density at radius 3 is 1.54 bits per heavy atom. The summed E-state index contributed by atoms with van der Waals surface area (Å²) in [5.41, 5.74) is 0. The zero-order valence-electron chi connectivity index (χ0n) is 9.26. The molecule has 0 heterocycles. The summed E-state index contributed by atoms with van der Waals surface area (Å²) in [4.78, 5) is 0. The van der Waals surface area contributed by atoms with Gasteiger partial charge in [-0.15, -0.1) is 0 Å². The molecule has 4 atom stereocenters. The van der Waals surface area contributed by atoms with Crippen molar-refractivity contribution < 1.29 is 0 Å². The molecule has 0 aromatic carbocycles. The van der Waals surface area contributed by atoms with Crippen molar-refractivity contribution in [2.24, 2.45) is 23.7 Å². The third-order valence-electron chi connectivity index (χ3n) is 4.47. The first-order chi connectivity index (χ1) is 6.35. The van der Waals surface area contributed by atoms with Crippen LogP contribution in [-0.4, -0.2) is 0 Å². The first-order valence-corrected chi connectivity index (χ1v) is 6.35. The molecule has 2 aliphatic carbocycles. The van der Waals surface area contributed by atoms with Crippen molar-refractivity contribution in [3.05, 3.63) is 0 Å². The van der Waals surface area contributed by atoms with Gasteiger partial charge in [-0.3, -0.25) is 0 Å². The molecule has 0 aliphatic heterocycles. The van der Waals surface area contributed by atoms with E-state index in [0.717, 1.165) is 23.7 Å². The van der Waals surface area contributed by atoms with E-state index in [9.17, 15) is 0 Å². The van der Waals surface area contributed by atoms with E-state index in [0.29, 0.717) is 0 Å². The molecular formula is C13H24. The third-order valence-corrected chi connectivity index (χ3v) is 4.47. The van der Waals surface area contributed by atoms with Crippen molar-refractivity contribution in [3.63, 3.8) is 0 Å². The van der Waals surface area contributed by atoms with Gasteiger partial charge in [-0.25, -0.2) is 0 Å². The zero-order chi connectivity index (χ0) is 9.26. The van der Waals surface area contributed by atoms with Crippen molar-refractivity contribution in [2.45, 2.75) is 58.8 Å². The highest BCUT2D eigenvalue weighted by atomic mass is 14.5. The highest BCUT2D eigenvalue weighted by molar-refractivity contribution is 4.94. The molecule has 2 rings (SSSR count). The highest BCUT2D eigenvalue weighted by Crippen LogP contribution is 2.54. The summed E-state index contributed by atoms with van der Waals surface area (Å²) in [6.07, 6.45) is 10.6. The van der Waals surface area contributed by atoms with Gasteiger partial charge in [0.25, 0.3) is 0 Å². The molecule has 0 radical (unpaired) electrons. The van der Waals surface area contributed by atoms with E-state index in [-0.39, 0.29) is 0 Å². The minimum absolute atomic E-state index is 1.13. The Bertz CT molecular complexity index is 143. The van der Waals surface area contributed by atoms with Crippen LogP contribution < -0.4 is 0 Å². The predicted octanol–water partition coefficient (Wildman–Crippen LogP) is 4.25. The second kappa shape index (κ2) is 4.02. The average molecular weight is 180 g/mol. The molecule has 0 spiro atoms. The lowest BCUT2D eigenvalue weighted by molar-refractivity contribution is 0.234. The van der Waals surface area contributed by atoms with Gasteiger partial charge in [0, 0.05) is 0 Å². The number of rotatable bonds is 4. The molecule has 0 aromatic heterocycles. The molecular weight excluding hydrogens is 156 g/mol. The quantitative estimate of drug-likeness (QED) is 0.606. The Hall–Kier alpha value is 0. The topological polar surface area (TPSA) is 0 Å². The number of hydrogen-bond donors (Lipinski definition) is 0. The molecule has 0 amide bonds. The van der Waals surface area contributed by atoms with Crippen molar-refractivity contribution in [1.29, 1.82) is 0 Å². The molecule has 0 N–H and O–H groups in total. The van der Waals surface area contributed by atoms with Gasteiger partial charge < -0.3 is 0 Å². The second-order valence-electron chi connectivity index (χ2n) is 5.32. The Kier molecular flexibility index (Phi) is 2.96. The van der Waals surface area contributed by atoms with Crippen LogP contribution in [0.5, 0.6) is 0 Å². The van der Waals surface area contributed by atoms with Crippen LogP contribution in [-0.2, 0) is 0 Å². The van der Waals surface area contributed by atoms with Crippen LogP contribution in [0.3, 0.4) is 0 Å². The molecule has 0 heteroatoms. The van der Waals surface area contributed by atoms with Crippen molar-refractivity contribution >= 4 is 0 Å². The van der Waals surface area contributed by atoms with E-state index >= 15 is 0 Å². The lowest BCUT2D eigenvalue weighted by Crippen LogP contribution is -2.17. The molecule has 2 bridgehead atoms. The van der Waals surface area contributed by atoms with E-state index in [2.05, 4.69) is 13.8 Å². The Labute approximate surface area is 83.1 Å². The lowest BCUT2D eigenvalue weighted by Gasteiger charge is -2.27. The van der Waals surface area contributed by atoms with Gasteiger partial charge in [-0.1, -0.05) is 39.5 Å². The molecule has 0 nitrogen and oxygen atoms in total. The summed E-state index contributed by atoms with van der Waals surface area (Å²) < 4.78 is 0. The second-order valence-corrected chi connectivity index (χ2v) is 5.32. The van der Waals surface area contributed by atoms with Gasteiger partial charge >= 0.3 is 0 Å². The SMILES string of the molecule is CCCC1CC2CC1CC2CCC. The van der Waals surface area contributed by atoms with Gasteiger partial charge in [0.2, 0.25) is 0 Å². The smallest absolute Gasteiger partial charge is 0.0380 e. The summed E-state index contributed by atoms with van der Waals surface area (Å²) in [6, 6.07) is 0. The molecule has 76 valence electrons. The summed E-state index contributed by atoms with van der Waals surface area (Å²) in [6.45, 7) is 4.69. The molecule has 13 heavy (non-hydrogen) atoms. The van der Waals surface area contributed by atoms with Crippen molar-refractivity contribution in [1.82, 2.24) is 0 Å². The van der Waals surface area contributed by atoms with Gasteiger partial charge in [0.1, 0.15) is 0 Å². The average Bonchev–Trinajstić information content (AvgIpc) is 2.65.